The molecule has 0 aliphatic carbocycles. The first-order valence-electron chi connectivity index (χ1n) is 0.378. The predicted molar refractivity (Wildman–Crippen MR) is 26.2 cm³/mol. The molecule has 0 heterocycles. The maximum absolute atomic E-state index is 2.94. The quantitative estimate of drug-likeness (QED) is 0.345. The molecule has 0 amide bonds. The second-order valence-electron chi connectivity index (χ2n) is 0. The average Bonchev–Trinajstić information content (AvgIpc) is 1.00. The third kappa shape index (κ3) is 9.96. The van der Waals surface area contributed by atoms with Crippen LogP contribution in [0.25, 0.3) is 0 Å². The smallest absolute Gasteiger partial charge is 0 e. The van der Waals surface area contributed by atoms with Crippen molar-refractivity contribution in [1.29, 1.82) is 0 Å². The van der Waals surface area contributed by atoms with Gasteiger partial charge in [0, 0.05) is 21.7 Å². The second-order valence-corrected chi connectivity index (χ2v) is 0. The van der Waals surface area contributed by atoms with E-state index < -0.39 is 0 Å². The molecule has 0 aliphatic heterocycles. The molecule has 0 N–H and O–H groups in total. The molecular formula is CH7BrSiTi. The molecule has 0 aromatic rings. The van der Waals surface area contributed by atoms with Crippen LogP contribution in [0.15, 0.2) is 0 Å². The van der Waals surface area contributed by atoms with Crippen LogP contribution in [-0.2, 0) is 21.7 Å². The van der Waals surface area contributed by atoms with Gasteiger partial charge in [-0.15, -0.1) is 0 Å². The molecule has 0 fully saturated rings. The summed E-state index contributed by atoms with van der Waals surface area (Å²) in [6.07, 6.45) is 0. The van der Waals surface area contributed by atoms with Gasteiger partial charge in [-0.1, -0.05) is 15.9 Å². The number of hydrogen-bond acceptors (Lipinski definition) is 0. The van der Waals surface area contributed by atoms with Crippen LogP contribution >= 0.6 is 15.9 Å². The molecule has 0 aliphatic rings. The van der Waals surface area contributed by atoms with Gasteiger partial charge >= 0.3 is 0 Å². The van der Waals surface area contributed by atoms with Crippen LogP contribution in [0.2, 0.25) is 0 Å². The molecule has 0 aromatic carbocycles. The first kappa shape index (κ1) is 18.1. The van der Waals surface area contributed by atoms with E-state index in [0.29, 0.717) is 0 Å². The molecular weight excluding hydrogens is 168 g/mol. The Morgan fingerprint density at radius 3 is 1.25 bits per heavy atom. The van der Waals surface area contributed by atoms with Crippen molar-refractivity contribution in [2.75, 3.05) is 5.83 Å². The molecule has 0 aromatic heterocycles. The van der Waals surface area contributed by atoms with Gasteiger partial charge in [-0.2, -0.15) is 0 Å². The number of hydrogen-bond donors (Lipinski definition) is 0. The van der Waals surface area contributed by atoms with E-state index in [1.807, 2.05) is 5.83 Å². The topological polar surface area (TPSA) is 0 Å². The maximum Gasteiger partial charge on any atom is 0 e. The number of alkyl halides is 1. The van der Waals surface area contributed by atoms with E-state index in [1.165, 1.54) is 0 Å². The van der Waals surface area contributed by atoms with E-state index in [1.54, 1.807) is 0 Å². The van der Waals surface area contributed by atoms with Crippen LogP contribution in [0, 0.1) is 0 Å². The summed E-state index contributed by atoms with van der Waals surface area (Å²) >= 11 is 2.94. The second kappa shape index (κ2) is 25.8. The van der Waals surface area contributed by atoms with E-state index in [2.05, 4.69) is 15.9 Å². The molecule has 0 spiro atoms. The number of halogens is 1. The Balaban J connectivity index is -0.00000000500. The fraction of sp³-hybridized carbons (Fsp3) is 1.00. The molecule has 4 heavy (non-hydrogen) atoms. The van der Waals surface area contributed by atoms with Gasteiger partial charge in [0.25, 0.3) is 0 Å². The van der Waals surface area contributed by atoms with Gasteiger partial charge in [0.1, 0.15) is 0 Å². The SMILES string of the molecule is CBr.[SiH4].[Ti]. The van der Waals surface area contributed by atoms with Crippen molar-refractivity contribution in [3.8, 4) is 0 Å². The van der Waals surface area contributed by atoms with Crippen molar-refractivity contribution in [2.45, 2.75) is 0 Å². The molecule has 0 nitrogen and oxygen atoms in total. The molecule has 0 rings (SSSR count). The van der Waals surface area contributed by atoms with Crippen molar-refractivity contribution in [1.82, 2.24) is 0 Å². The summed E-state index contributed by atoms with van der Waals surface area (Å²) in [7, 11) is 0. The summed E-state index contributed by atoms with van der Waals surface area (Å²) in [4.78, 5) is 0. The van der Waals surface area contributed by atoms with Crippen molar-refractivity contribution < 1.29 is 21.7 Å². The van der Waals surface area contributed by atoms with Crippen molar-refractivity contribution >= 4 is 26.9 Å². The average molecular weight is 175 g/mol. The van der Waals surface area contributed by atoms with Gasteiger partial charge in [0.15, 0.2) is 0 Å². The van der Waals surface area contributed by atoms with Crippen molar-refractivity contribution in [3.05, 3.63) is 0 Å². The third-order valence-electron chi connectivity index (χ3n) is 0. The standard InChI is InChI=1S/CH3Br.H4Si.Ti/c1-2;;/h1H3;1H4;. The monoisotopic (exact) mass is 174 g/mol. The summed E-state index contributed by atoms with van der Waals surface area (Å²) in [6, 6.07) is 0. The van der Waals surface area contributed by atoms with Crippen LogP contribution in [-0.4, -0.2) is 16.8 Å². The van der Waals surface area contributed by atoms with Gasteiger partial charge in [-0.05, 0) is 16.8 Å². The first-order chi connectivity index (χ1) is 1.00. The Bertz CT molecular complexity index is 8.00. The Morgan fingerprint density at radius 1 is 1.25 bits per heavy atom. The zero-order valence-electron chi connectivity index (χ0n) is 1.88. The molecule has 0 bridgehead atoms. The van der Waals surface area contributed by atoms with E-state index in [-0.39, 0.29) is 32.7 Å². The van der Waals surface area contributed by atoms with Gasteiger partial charge in [0.2, 0.25) is 0 Å². The Morgan fingerprint density at radius 2 is 1.25 bits per heavy atom. The molecule has 0 saturated heterocycles. The van der Waals surface area contributed by atoms with Gasteiger partial charge in [-0.25, -0.2) is 0 Å². The molecule has 0 atom stereocenters. The normalized spacial score (nSPS) is 1.50. The van der Waals surface area contributed by atoms with Crippen LogP contribution in [0.5, 0.6) is 0 Å². The van der Waals surface area contributed by atoms with Crippen LogP contribution in [0.3, 0.4) is 0 Å². The van der Waals surface area contributed by atoms with Gasteiger partial charge in [-0.3, -0.25) is 0 Å². The van der Waals surface area contributed by atoms with Crippen LogP contribution in [0.4, 0.5) is 0 Å². The molecule has 26 valence electrons. The fourth-order valence-corrected chi connectivity index (χ4v) is 0. The van der Waals surface area contributed by atoms with E-state index in [0.717, 1.165) is 0 Å². The Kier molecular flexibility index (Phi) is 117. The third-order valence-corrected chi connectivity index (χ3v) is 0. The van der Waals surface area contributed by atoms with Crippen molar-refractivity contribution in [2.24, 2.45) is 0 Å². The van der Waals surface area contributed by atoms with Crippen LogP contribution < -0.4 is 0 Å². The number of rotatable bonds is 0. The van der Waals surface area contributed by atoms with E-state index in [4.69, 9.17) is 0 Å². The Hall–Kier alpha value is 1.41. The largest absolute Gasteiger partial charge is 0.0966 e. The molecule has 0 radical (unpaired) electrons. The van der Waals surface area contributed by atoms with Gasteiger partial charge in [0.05, 0.1) is 0 Å². The van der Waals surface area contributed by atoms with E-state index >= 15 is 0 Å². The summed E-state index contributed by atoms with van der Waals surface area (Å²) < 4.78 is 0. The molecule has 3 heteroatoms. The minimum atomic E-state index is 0. The molecule has 0 saturated carbocycles. The molecule has 0 unspecified atom stereocenters. The minimum Gasteiger partial charge on any atom is -0.0966 e. The Labute approximate surface area is 54.4 Å². The van der Waals surface area contributed by atoms with Crippen molar-refractivity contribution in [3.63, 3.8) is 0 Å². The summed E-state index contributed by atoms with van der Waals surface area (Å²) in [6.45, 7) is 0. The zero-order chi connectivity index (χ0) is 2.00. The van der Waals surface area contributed by atoms with Crippen LogP contribution in [0.1, 0.15) is 0 Å². The minimum absolute atomic E-state index is 0. The first-order valence-corrected chi connectivity index (χ1v) is 1.96. The van der Waals surface area contributed by atoms with Gasteiger partial charge < -0.3 is 0 Å². The summed E-state index contributed by atoms with van der Waals surface area (Å²) in [5.74, 6) is 1.81. The maximum atomic E-state index is 2.94. The summed E-state index contributed by atoms with van der Waals surface area (Å²) in [5.41, 5.74) is 0. The predicted octanol–water partition coefficient (Wildman–Crippen LogP) is -0.443. The van der Waals surface area contributed by atoms with E-state index in [9.17, 15) is 0 Å². The zero-order valence-corrected chi connectivity index (χ0v) is 5.03. The fourth-order valence-electron chi connectivity index (χ4n) is 0. The summed E-state index contributed by atoms with van der Waals surface area (Å²) in [5, 5.41) is 0.